The summed E-state index contributed by atoms with van der Waals surface area (Å²) in [7, 11) is 1.49. The third-order valence-electron chi connectivity index (χ3n) is 4.85. The number of nitrogens with one attached hydrogen (secondary N) is 1. The molecule has 0 spiro atoms. The summed E-state index contributed by atoms with van der Waals surface area (Å²) in [5.41, 5.74) is 5.42. The van der Waals surface area contributed by atoms with Crippen LogP contribution in [0.15, 0.2) is 71.8 Å². The number of hydrazone groups is 1. The predicted octanol–water partition coefficient (Wildman–Crippen LogP) is 4.05. The first kappa shape index (κ1) is 18.6. The van der Waals surface area contributed by atoms with Crippen LogP contribution < -0.4 is 10.2 Å². The second-order valence-electron chi connectivity index (χ2n) is 6.66. The second-order valence-corrected chi connectivity index (χ2v) is 6.66. The summed E-state index contributed by atoms with van der Waals surface area (Å²) in [4.78, 5) is 12.3. The molecule has 0 aliphatic heterocycles. The van der Waals surface area contributed by atoms with Crippen molar-refractivity contribution in [2.24, 2.45) is 5.10 Å². The Morgan fingerprint density at radius 1 is 1.07 bits per heavy atom. The number of carbonyl (C=O) groups excluding carboxylic acids is 1. The summed E-state index contributed by atoms with van der Waals surface area (Å²) >= 11 is 0. The van der Waals surface area contributed by atoms with Gasteiger partial charge in [0.1, 0.15) is 0 Å². The molecule has 0 fully saturated rings. The number of aryl methyl sites for hydroxylation is 1. The highest BCUT2D eigenvalue weighted by Gasteiger charge is 2.10. The minimum Gasteiger partial charge on any atom is -0.504 e. The van der Waals surface area contributed by atoms with Crippen LogP contribution in [0.1, 0.15) is 12.0 Å². The van der Waals surface area contributed by atoms with Gasteiger partial charge in [-0.25, -0.2) is 5.43 Å². The van der Waals surface area contributed by atoms with Gasteiger partial charge in [0.15, 0.2) is 11.5 Å². The van der Waals surface area contributed by atoms with E-state index in [0.717, 1.165) is 11.0 Å². The molecule has 6 nitrogen and oxygen atoms in total. The van der Waals surface area contributed by atoms with Crippen LogP contribution in [0.5, 0.6) is 11.5 Å². The fraction of sp³-hybridized carbons (Fsp3) is 0.130. The van der Waals surface area contributed by atoms with Crippen molar-refractivity contribution in [1.29, 1.82) is 0 Å². The van der Waals surface area contributed by atoms with Gasteiger partial charge < -0.3 is 14.4 Å². The molecule has 1 amide bonds. The SMILES string of the molecule is COc1ccc(/C=N\NC(=O)CCn2c3ccccc3c3ccccc32)cc1O. The van der Waals surface area contributed by atoms with Crippen molar-refractivity contribution in [2.45, 2.75) is 13.0 Å². The molecule has 0 aliphatic rings. The number of para-hydroxylation sites is 2. The number of fused-ring (bicyclic) bond motifs is 3. The molecule has 146 valence electrons. The Morgan fingerprint density at radius 2 is 1.72 bits per heavy atom. The van der Waals surface area contributed by atoms with Gasteiger partial charge in [-0.3, -0.25) is 4.79 Å². The van der Waals surface area contributed by atoms with E-state index < -0.39 is 0 Å². The van der Waals surface area contributed by atoms with E-state index >= 15 is 0 Å². The second kappa shape index (κ2) is 8.06. The number of ether oxygens (including phenoxy) is 1. The highest BCUT2D eigenvalue weighted by Crippen LogP contribution is 2.29. The van der Waals surface area contributed by atoms with Crippen molar-refractivity contribution in [3.8, 4) is 11.5 Å². The number of hydrogen-bond acceptors (Lipinski definition) is 4. The van der Waals surface area contributed by atoms with Crippen LogP contribution in [0.4, 0.5) is 0 Å². The van der Waals surface area contributed by atoms with E-state index in [0.29, 0.717) is 24.3 Å². The van der Waals surface area contributed by atoms with Gasteiger partial charge in [0.2, 0.25) is 5.91 Å². The maximum Gasteiger partial charge on any atom is 0.241 e. The lowest BCUT2D eigenvalue weighted by Gasteiger charge is -2.07. The van der Waals surface area contributed by atoms with Gasteiger partial charge >= 0.3 is 0 Å². The van der Waals surface area contributed by atoms with Gasteiger partial charge in [-0.15, -0.1) is 0 Å². The van der Waals surface area contributed by atoms with Crippen LogP contribution in [0, 0.1) is 0 Å². The Bertz CT molecular complexity index is 1160. The summed E-state index contributed by atoms with van der Waals surface area (Å²) in [5.74, 6) is 0.229. The lowest BCUT2D eigenvalue weighted by molar-refractivity contribution is -0.121. The zero-order chi connectivity index (χ0) is 20.2. The minimum atomic E-state index is -0.180. The number of phenolic OH excluding ortho intramolecular Hbond substituents is 1. The molecular formula is C23H21N3O3. The molecule has 29 heavy (non-hydrogen) atoms. The average molecular weight is 387 g/mol. The van der Waals surface area contributed by atoms with Crippen LogP contribution in [0.3, 0.4) is 0 Å². The number of rotatable bonds is 6. The van der Waals surface area contributed by atoms with Crippen LogP contribution in [0.25, 0.3) is 21.8 Å². The normalized spacial score (nSPS) is 11.3. The molecule has 6 heteroatoms. The first-order valence-corrected chi connectivity index (χ1v) is 9.32. The van der Waals surface area contributed by atoms with E-state index in [-0.39, 0.29) is 11.7 Å². The zero-order valence-corrected chi connectivity index (χ0v) is 16.0. The average Bonchev–Trinajstić information content (AvgIpc) is 3.06. The van der Waals surface area contributed by atoms with E-state index in [1.54, 1.807) is 12.1 Å². The van der Waals surface area contributed by atoms with E-state index in [1.807, 2.05) is 24.3 Å². The molecule has 0 radical (unpaired) electrons. The molecule has 1 aromatic heterocycles. The molecule has 0 unspecified atom stereocenters. The minimum absolute atomic E-state index is 0.0224. The number of hydrogen-bond donors (Lipinski definition) is 2. The van der Waals surface area contributed by atoms with Crippen molar-refractivity contribution in [2.75, 3.05) is 7.11 Å². The topological polar surface area (TPSA) is 75.8 Å². The van der Waals surface area contributed by atoms with Crippen LogP contribution in [0.2, 0.25) is 0 Å². The number of methoxy groups -OCH3 is 1. The Hall–Kier alpha value is -3.80. The maximum absolute atomic E-state index is 12.3. The molecule has 0 aliphatic carbocycles. The van der Waals surface area contributed by atoms with Crippen LogP contribution >= 0.6 is 0 Å². The molecule has 0 saturated heterocycles. The largest absolute Gasteiger partial charge is 0.504 e. The number of aromatic hydroxyl groups is 1. The number of benzene rings is 3. The number of nitrogens with zero attached hydrogens (tertiary/aromatic N) is 2. The summed E-state index contributed by atoms with van der Waals surface area (Å²) in [5, 5.41) is 16.1. The standard InChI is InChI=1S/C23H21N3O3/c1-29-22-11-10-16(14-21(22)27)15-24-25-23(28)12-13-26-19-8-4-2-6-17(19)18-7-3-5-9-20(18)26/h2-11,14-15,27H,12-13H2,1H3,(H,25,28)/b24-15-. The number of aromatic nitrogens is 1. The fourth-order valence-corrected chi connectivity index (χ4v) is 3.48. The molecule has 4 rings (SSSR count). The van der Waals surface area contributed by atoms with Gasteiger partial charge in [0, 0.05) is 34.8 Å². The Balaban J connectivity index is 1.44. The third-order valence-corrected chi connectivity index (χ3v) is 4.85. The summed E-state index contributed by atoms with van der Waals surface area (Å²) < 4.78 is 7.17. The first-order valence-electron chi connectivity index (χ1n) is 9.32. The van der Waals surface area contributed by atoms with Crippen LogP contribution in [-0.4, -0.2) is 28.9 Å². The smallest absolute Gasteiger partial charge is 0.241 e. The summed E-state index contributed by atoms with van der Waals surface area (Å²) in [6.07, 6.45) is 1.78. The number of carbonyl (C=O) groups is 1. The van der Waals surface area contributed by atoms with Crippen molar-refractivity contribution >= 4 is 33.9 Å². The first-order chi connectivity index (χ1) is 14.2. The zero-order valence-electron chi connectivity index (χ0n) is 16.0. The molecule has 0 bridgehead atoms. The van der Waals surface area contributed by atoms with Crippen molar-refractivity contribution in [3.63, 3.8) is 0 Å². The lowest BCUT2D eigenvalue weighted by Crippen LogP contribution is -2.19. The molecule has 3 aromatic carbocycles. The molecular weight excluding hydrogens is 366 g/mol. The maximum atomic E-state index is 12.3. The molecule has 0 saturated carbocycles. The number of amides is 1. The molecule has 1 heterocycles. The van der Waals surface area contributed by atoms with E-state index in [4.69, 9.17) is 4.74 Å². The third kappa shape index (κ3) is 3.78. The summed E-state index contributed by atoms with van der Waals surface area (Å²) in [6.45, 7) is 0.554. The van der Waals surface area contributed by atoms with Crippen molar-refractivity contribution in [1.82, 2.24) is 9.99 Å². The Kier molecular flexibility index (Phi) is 5.16. The van der Waals surface area contributed by atoms with E-state index in [9.17, 15) is 9.90 Å². The van der Waals surface area contributed by atoms with Gasteiger partial charge in [0.25, 0.3) is 0 Å². The Labute approximate surface area is 168 Å². The van der Waals surface area contributed by atoms with Crippen LogP contribution in [-0.2, 0) is 11.3 Å². The monoisotopic (exact) mass is 387 g/mol. The summed E-state index contributed by atoms with van der Waals surface area (Å²) in [6, 6.07) is 21.3. The van der Waals surface area contributed by atoms with Gasteiger partial charge in [-0.1, -0.05) is 36.4 Å². The highest BCUT2D eigenvalue weighted by atomic mass is 16.5. The quantitative estimate of drug-likeness (QED) is 0.387. The number of phenols is 1. The van der Waals surface area contributed by atoms with Gasteiger partial charge in [-0.05, 0) is 35.9 Å². The molecule has 2 N–H and O–H groups in total. The molecule has 0 atom stereocenters. The predicted molar refractivity (Wildman–Crippen MR) is 114 cm³/mol. The highest BCUT2D eigenvalue weighted by molar-refractivity contribution is 6.08. The molecule has 4 aromatic rings. The Morgan fingerprint density at radius 3 is 2.34 bits per heavy atom. The van der Waals surface area contributed by atoms with Gasteiger partial charge in [0.05, 0.1) is 13.3 Å². The fourth-order valence-electron chi connectivity index (χ4n) is 3.48. The van der Waals surface area contributed by atoms with Crippen molar-refractivity contribution < 1.29 is 14.6 Å². The van der Waals surface area contributed by atoms with E-state index in [2.05, 4.69) is 39.4 Å². The lowest BCUT2D eigenvalue weighted by atomic mass is 10.2. The van der Waals surface area contributed by atoms with Gasteiger partial charge in [-0.2, -0.15) is 5.10 Å². The van der Waals surface area contributed by atoms with Crippen molar-refractivity contribution in [3.05, 3.63) is 72.3 Å². The van der Waals surface area contributed by atoms with E-state index in [1.165, 1.54) is 30.2 Å².